The molecule has 0 aromatic heterocycles. The van der Waals surface area contributed by atoms with Crippen molar-refractivity contribution in [2.45, 2.75) is 51.2 Å². The number of hydrogen-bond donors (Lipinski definition) is 1. The van der Waals surface area contributed by atoms with Crippen molar-refractivity contribution in [1.82, 2.24) is 10.2 Å². The first kappa shape index (κ1) is 15.3. The quantitative estimate of drug-likeness (QED) is 0.847. The Morgan fingerprint density at radius 2 is 2.06 bits per heavy atom. The van der Waals surface area contributed by atoms with E-state index >= 15 is 0 Å². The normalized spacial score (nSPS) is 21.4. The largest absolute Gasteiger partial charge is 0.406 e. The molecule has 0 bridgehead atoms. The molecule has 0 aromatic rings. The predicted molar refractivity (Wildman–Crippen MR) is 63.2 cm³/mol. The molecule has 1 heterocycles. The van der Waals surface area contributed by atoms with Gasteiger partial charge in [-0.15, -0.1) is 0 Å². The Labute approximate surface area is 106 Å². The van der Waals surface area contributed by atoms with Crippen molar-refractivity contribution in [2.75, 3.05) is 19.6 Å². The Bertz CT molecular complexity index is 261. The topological polar surface area (TPSA) is 32.3 Å². The maximum atomic E-state index is 12.4. The van der Waals surface area contributed by atoms with Crippen molar-refractivity contribution >= 4 is 5.91 Å². The third kappa shape index (κ3) is 5.25. The van der Waals surface area contributed by atoms with Crippen LogP contribution in [0, 0.1) is 0 Å². The van der Waals surface area contributed by atoms with Gasteiger partial charge in [-0.25, -0.2) is 0 Å². The second-order valence-corrected chi connectivity index (χ2v) is 4.73. The highest BCUT2D eigenvalue weighted by Gasteiger charge is 2.34. The molecule has 18 heavy (non-hydrogen) atoms. The second kappa shape index (κ2) is 6.97. The first-order valence-electron chi connectivity index (χ1n) is 6.53. The number of rotatable bonds is 4. The van der Waals surface area contributed by atoms with Gasteiger partial charge in [0.2, 0.25) is 5.91 Å². The summed E-state index contributed by atoms with van der Waals surface area (Å²) >= 11 is 0. The Morgan fingerprint density at radius 1 is 1.33 bits per heavy atom. The van der Waals surface area contributed by atoms with Gasteiger partial charge in [0, 0.05) is 6.54 Å². The molecule has 0 aliphatic carbocycles. The van der Waals surface area contributed by atoms with Crippen molar-refractivity contribution in [3.63, 3.8) is 0 Å². The van der Waals surface area contributed by atoms with E-state index < -0.39 is 24.7 Å². The maximum Gasteiger partial charge on any atom is 0.406 e. The zero-order chi connectivity index (χ0) is 13.6. The molecule has 1 amide bonds. The number of carbonyl (C=O) groups excluding carboxylic acids is 1. The molecule has 1 N–H and O–H groups in total. The van der Waals surface area contributed by atoms with Crippen LogP contribution < -0.4 is 5.32 Å². The van der Waals surface area contributed by atoms with Crippen LogP contribution in [0.1, 0.15) is 39.0 Å². The summed E-state index contributed by atoms with van der Waals surface area (Å²) in [6.45, 7) is 1.51. The van der Waals surface area contributed by atoms with Crippen LogP contribution in [0.15, 0.2) is 0 Å². The van der Waals surface area contributed by atoms with Gasteiger partial charge in [0.15, 0.2) is 0 Å². The molecule has 0 aromatic carbocycles. The van der Waals surface area contributed by atoms with Gasteiger partial charge in [-0.3, -0.25) is 4.79 Å². The summed E-state index contributed by atoms with van der Waals surface area (Å²) in [5, 5.41) is 3.05. The van der Waals surface area contributed by atoms with Crippen LogP contribution in [0.3, 0.4) is 0 Å². The van der Waals surface area contributed by atoms with Crippen LogP contribution in [0.4, 0.5) is 13.2 Å². The number of amides is 1. The average molecular weight is 266 g/mol. The van der Waals surface area contributed by atoms with Gasteiger partial charge in [-0.2, -0.15) is 13.2 Å². The summed E-state index contributed by atoms with van der Waals surface area (Å²) in [6.07, 6.45) is -0.239. The molecule has 0 spiro atoms. The first-order chi connectivity index (χ1) is 8.44. The van der Waals surface area contributed by atoms with Crippen molar-refractivity contribution < 1.29 is 18.0 Å². The number of nitrogens with zero attached hydrogens (tertiary/aromatic N) is 1. The second-order valence-electron chi connectivity index (χ2n) is 4.73. The third-order valence-corrected chi connectivity index (χ3v) is 3.03. The Hall–Kier alpha value is -0.780. The molecule has 0 saturated carbocycles. The van der Waals surface area contributed by atoms with E-state index in [1.54, 1.807) is 6.92 Å². The van der Waals surface area contributed by atoms with Crippen molar-refractivity contribution in [3.8, 4) is 0 Å². The highest BCUT2D eigenvalue weighted by atomic mass is 19.4. The smallest absolute Gasteiger partial charge is 0.332 e. The molecule has 1 fully saturated rings. The SMILES string of the molecule is CCCN(CC(F)(F)F)C(=O)C1CCCCCN1. The minimum Gasteiger partial charge on any atom is -0.332 e. The Kier molecular flexibility index (Phi) is 5.91. The summed E-state index contributed by atoms with van der Waals surface area (Å²) in [5.74, 6) is -0.406. The van der Waals surface area contributed by atoms with Gasteiger partial charge in [0.25, 0.3) is 0 Å². The average Bonchev–Trinajstić information content (AvgIpc) is 2.54. The zero-order valence-corrected chi connectivity index (χ0v) is 10.7. The van der Waals surface area contributed by atoms with Crippen molar-refractivity contribution in [3.05, 3.63) is 0 Å². The van der Waals surface area contributed by atoms with Gasteiger partial charge < -0.3 is 10.2 Å². The number of hydrogen-bond acceptors (Lipinski definition) is 2. The van der Waals surface area contributed by atoms with E-state index in [1.807, 2.05) is 0 Å². The fourth-order valence-corrected chi connectivity index (χ4v) is 2.21. The van der Waals surface area contributed by atoms with E-state index in [0.717, 1.165) is 24.2 Å². The monoisotopic (exact) mass is 266 g/mol. The van der Waals surface area contributed by atoms with Crippen LogP contribution >= 0.6 is 0 Å². The lowest BCUT2D eigenvalue weighted by molar-refractivity contribution is -0.162. The lowest BCUT2D eigenvalue weighted by Crippen LogP contribution is -2.49. The van der Waals surface area contributed by atoms with Crippen LogP contribution in [0.25, 0.3) is 0 Å². The fourth-order valence-electron chi connectivity index (χ4n) is 2.21. The number of nitrogens with one attached hydrogen (secondary N) is 1. The van der Waals surface area contributed by atoms with E-state index in [2.05, 4.69) is 5.32 Å². The molecule has 1 atom stereocenters. The molecule has 1 saturated heterocycles. The van der Waals surface area contributed by atoms with E-state index in [4.69, 9.17) is 0 Å². The van der Waals surface area contributed by atoms with E-state index in [1.165, 1.54) is 0 Å². The highest BCUT2D eigenvalue weighted by Crippen LogP contribution is 2.18. The standard InChI is InChI=1S/C12H21F3N2O/c1-2-8-17(9-12(13,14)15)11(18)10-6-4-3-5-7-16-10/h10,16H,2-9H2,1H3. The van der Waals surface area contributed by atoms with Crippen molar-refractivity contribution in [1.29, 1.82) is 0 Å². The van der Waals surface area contributed by atoms with E-state index in [0.29, 0.717) is 19.4 Å². The predicted octanol–water partition coefficient (Wildman–Crippen LogP) is 2.32. The Morgan fingerprint density at radius 3 is 2.67 bits per heavy atom. The number of halogens is 3. The van der Waals surface area contributed by atoms with Crippen LogP contribution in [0.5, 0.6) is 0 Å². The summed E-state index contributed by atoms with van der Waals surface area (Å²) in [7, 11) is 0. The van der Waals surface area contributed by atoms with Crippen molar-refractivity contribution in [2.24, 2.45) is 0 Å². The highest BCUT2D eigenvalue weighted by molar-refractivity contribution is 5.82. The first-order valence-corrected chi connectivity index (χ1v) is 6.53. The molecule has 1 rings (SSSR count). The molecule has 6 heteroatoms. The molecular weight excluding hydrogens is 245 g/mol. The molecular formula is C12H21F3N2O. The van der Waals surface area contributed by atoms with E-state index in [-0.39, 0.29) is 6.54 Å². The van der Waals surface area contributed by atoms with Gasteiger partial charge in [-0.1, -0.05) is 19.8 Å². The number of carbonyl (C=O) groups is 1. The summed E-state index contributed by atoms with van der Waals surface area (Å²) < 4.78 is 37.3. The van der Waals surface area contributed by atoms with E-state index in [9.17, 15) is 18.0 Å². The summed E-state index contributed by atoms with van der Waals surface area (Å²) in [5.41, 5.74) is 0. The molecule has 0 radical (unpaired) electrons. The van der Waals surface area contributed by atoms with Crippen LogP contribution in [-0.4, -0.2) is 42.7 Å². The zero-order valence-electron chi connectivity index (χ0n) is 10.7. The summed E-state index contributed by atoms with van der Waals surface area (Å²) in [4.78, 5) is 13.0. The van der Waals surface area contributed by atoms with Crippen LogP contribution in [0.2, 0.25) is 0 Å². The van der Waals surface area contributed by atoms with Gasteiger partial charge >= 0.3 is 6.18 Å². The third-order valence-electron chi connectivity index (χ3n) is 3.03. The minimum absolute atomic E-state index is 0.163. The molecule has 3 nitrogen and oxygen atoms in total. The number of alkyl halides is 3. The lowest BCUT2D eigenvalue weighted by atomic mass is 10.1. The molecule has 1 aliphatic rings. The van der Waals surface area contributed by atoms with Gasteiger partial charge in [0.05, 0.1) is 6.04 Å². The molecule has 106 valence electrons. The minimum atomic E-state index is -4.32. The summed E-state index contributed by atoms with van der Waals surface area (Å²) in [6, 6.07) is -0.443. The van der Waals surface area contributed by atoms with Gasteiger partial charge in [-0.05, 0) is 25.8 Å². The fraction of sp³-hybridized carbons (Fsp3) is 0.917. The molecule has 1 aliphatic heterocycles. The molecule has 1 unspecified atom stereocenters. The maximum absolute atomic E-state index is 12.4. The Balaban J connectivity index is 2.62. The van der Waals surface area contributed by atoms with Crippen LogP contribution in [-0.2, 0) is 4.79 Å². The lowest BCUT2D eigenvalue weighted by Gasteiger charge is -2.27. The van der Waals surface area contributed by atoms with Gasteiger partial charge in [0.1, 0.15) is 6.54 Å².